The van der Waals surface area contributed by atoms with E-state index in [1.165, 1.54) is 6.08 Å². The number of nitrogens with one attached hydrogen (secondary N) is 1. The van der Waals surface area contributed by atoms with Gasteiger partial charge >= 0.3 is 5.97 Å². The van der Waals surface area contributed by atoms with Crippen molar-refractivity contribution in [2.75, 3.05) is 13.7 Å². The number of amides is 2. The first kappa shape index (κ1) is 41.3. The highest BCUT2D eigenvalue weighted by molar-refractivity contribution is 7.96. The Bertz CT molecular complexity index is 1980. The van der Waals surface area contributed by atoms with E-state index < -0.39 is 39.2 Å². The molecule has 2 amide bonds. The largest absolute Gasteiger partial charge is 0.457 e. The molecule has 0 aromatic heterocycles. The molecule has 10 heteroatoms. The molecule has 1 aliphatic rings. The van der Waals surface area contributed by atoms with Crippen LogP contribution in [0.5, 0.6) is 0 Å². The van der Waals surface area contributed by atoms with Crippen LogP contribution in [0.15, 0.2) is 128 Å². The molecule has 5 rings (SSSR count). The van der Waals surface area contributed by atoms with E-state index in [-0.39, 0.29) is 47.5 Å². The summed E-state index contributed by atoms with van der Waals surface area (Å²) in [5.41, 5.74) is 1.31. The number of carbonyl (C=O) groups excluding carboxylic acids is 4. The number of benzene rings is 4. The highest BCUT2D eigenvalue weighted by Crippen LogP contribution is 2.50. The van der Waals surface area contributed by atoms with Crippen molar-refractivity contribution in [2.24, 2.45) is 5.92 Å². The van der Waals surface area contributed by atoms with Gasteiger partial charge in [-0.25, -0.2) is 4.79 Å². The second-order valence-corrected chi connectivity index (χ2v) is 23.5. The summed E-state index contributed by atoms with van der Waals surface area (Å²) in [7, 11) is -0.809. The topological polar surface area (TPSA) is 102 Å². The summed E-state index contributed by atoms with van der Waals surface area (Å²) in [6.45, 7) is 13.2. The molecule has 3 atom stereocenters. The lowest BCUT2D eigenvalue weighted by Crippen LogP contribution is -2.69. The van der Waals surface area contributed by atoms with E-state index in [1.54, 1.807) is 30.1 Å². The summed E-state index contributed by atoms with van der Waals surface area (Å²) in [6.07, 6.45) is 0.996. The van der Waals surface area contributed by atoms with Crippen molar-refractivity contribution in [1.82, 2.24) is 10.2 Å². The maximum absolute atomic E-state index is 15.1. The lowest BCUT2D eigenvalue weighted by atomic mass is 9.79. The van der Waals surface area contributed by atoms with Crippen LogP contribution < -0.4 is 21.2 Å². The van der Waals surface area contributed by atoms with Gasteiger partial charge in [-0.3, -0.25) is 14.4 Å². The van der Waals surface area contributed by atoms with Crippen LogP contribution in [0.3, 0.4) is 0 Å². The number of β-lactam (4-membered cyclic amide) rings is 1. The predicted octanol–water partition coefficient (Wildman–Crippen LogP) is 6.64. The SMILES string of the molecule is C=CCOC(=O)C(N1C(=O)[C@H]([C@H](C)O[Si](C)(C)C(C)(C)C)[C@H]1CC(=O)c1cccc(CC(=O)NC)c1)=P(c1ccccc1)(c1ccccc1)c1ccccc1. The molecule has 55 heavy (non-hydrogen) atoms. The lowest BCUT2D eigenvalue weighted by Gasteiger charge is -2.53. The summed E-state index contributed by atoms with van der Waals surface area (Å²) in [4.78, 5) is 58.3. The predicted molar refractivity (Wildman–Crippen MR) is 226 cm³/mol. The van der Waals surface area contributed by atoms with Crippen molar-refractivity contribution in [3.8, 4) is 0 Å². The van der Waals surface area contributed by atoms with Gasteiger partial charge in [0.25, 0.3) is 0 Å². The fourth-order valence-corrected chi connectivity index (χ4v) is 12.9. The van der Waals surface area contributed by atoms with Gasteiger partial charge in [0.2, 0.25) is 11.8 Å². The van der Waals surface area contributed by atoms with Gasteiger partial charge < -0.3 is 19.4 Å². The maximum Gasteiger partial charge on any atom is 0.356 e. The zero-order chi connectivity index (χ0) is 40.0. The Hall–Kier alpha value is -4.82. The number of likely N-dealkylation sites (N-methyl/N-ethyl adjacent to an activating group) is 1. The normalized spacial score (nSPS) is 16.4. The molecule has 0 saturated carbocycles. The minimum absolute atomic E-state index is 0.0707. The van der Waals surface area contributed by atoms with Crippen LogP contribution in [0.2, 0.25) is 18.1 Å². The van der Waals surface area contributed by atoms with Gasteiger partial charge in [-0.15, -0.1) is 0 Å². The molecule has 1 heterocycles. The van der Waals surface area contributed by atoms with Crippen molar-refractivity contribution in [1.29, 1.82) is 0 Å². The molecule has 1 fully saturated rings. The minimum atomic E-state index is -3.20. The van der Waals surface area contributed by atoms with Crippen molar-refractivity contribution >= 4 is 60.1 Å². The van der Waals surface area contributed by atoms with Gasteiger partial charge in [0.15, 0.2) is 14.1 Å². The first-order valence-electron chi connectivity index (χ1n) is 18.7. The molecule has 8 nitrogen and oxygen atoms in total. The van der Waals surface area contributed by atoms with E-state index in [0.29, 0.717) is 11.1 Å². The zero-order valence-electron chi connectivity index (χ0n) is 33.0. The molecule has 4 aromatic carbocycles. The third kappa shape index (κ3) is 8.54. The van der Waals surface area contributed by atoms with Crippen LogP contribution in [0, 0.1) is 5.92 Å². The number of likely N-dealkylation sites (tertiary alicyclic amines) is 1. The van der Waals surface area contributed by atoms with Gasteiger partial charge in [0.1, 0.15) is 12.0 Å². The number of nitrogens with zero attached hydrogens (tertiary/aromatic N) is 1. The molecule has 1 N–H and O–H groups in total. The first-order valence-corrected chi connectivity index (χ1v) is 23.4. The Morgan fingerprint density at radius 3 is 1.87 bits per heavy atom. The van der Waals surface area contributed by atoms with Crippen LogP contribution in [0.4, 0.5) is 0 Å². The number of ether oxygens (including phenoxy) is 1. The maximum atomic E-state index is 15.1. The van der Waals surface area contributed by atoms with Crippen molar-refractivity contribution in [3.63, 3.8) is 0 Å². The second-order valence-electron chi connectivity index (χ2n) is 15.5. The molecule has 1 saturated heterocycles. The van der Waals surface area contributed by atoms with Crippen LogP contribution in [-0.2, 0) is 30.0 Å². The molecule has 0 radical (unpaired) electrons. The fourth-order valence-electron chi connectivity index (χ4n) is 7.08. The summed E-state index contributed by atoms with van der Waals surface area (Å²) < 4.78 is 12.8. The third-order valence-electron chi connectivity index (χ3n) is 10.8. The number of hydrogen-bond donors (Lipinski definition) is 1. The molecule has 4 aromatic rings. The summed E-state index contributed by atoms with van der Waals surface area (Å²) >= 11 is 0. The van der Waals surface area contributed by atoms with E-state index in [4.69, 9.17) is 9.16 Å². The molecule has 0 aliphatic carbocycles. The van der Waals surface area contributed by atoms with Gasteiger partial charge in [-0.2, -0.15) is 0 Å². The molecule has 0 unspecified atom stereocenters. The Kier molecular flexibility index (Phi) is 13.0. The summed E-state index contributed by atoms with van der Waals surface area (Å²) in [6, 6.07) is 35.7. The quantitative estimate of drug-likeness (QED) is 0.0363. The molecular formula is C45H53N2O6PSi. The fraction of sp³-hybridized carbons (Fsp3) is 0.311. The number of ketones is 1. The Labute approximate surface area is 327 Å². The highest BCUT2D eigenvalue weighted by Gasteiger charge is 2.57. The van der Waals surface area contributed by atoms with Gasteiger partial charge in [-0.05, 0) is 52.6 Å². The average Bonchev–Trinajstić information content (AvgIpc) is 3.17. The number of esters is 1. The molecule has 0 spiro atoms. The Morgan fingerprint density at radius 2 is 1.40 bits per heavy atom. The Morgan fingerprint density at radius 1 is 0.873 bits per heavy atom. The van der Waals surface area contributed by atoms with Crippen LogP contribution in [-0.4, -0.2) is 68.0 Å². The number of carbonyl (C=O) groups is 4. The van der Waals surface area contributed by atoms with E-state index in [2.05, 4.69) is 45.8 Å². The second kappa shape index (κ2) is 17.3. The van der Waals surface area contributed by atoms with Gasteiger partial charge in [-0.1, -0.05) is 143 Å². The van der Waals surface area contributed by atoms with E-state index in [0.717, 1.165) is 15.9 Å². The van der Waals surface area contributed by atoms with Crippen molar-refractivity contribution in [3.05, 3.63) is 139 Å². The monoisotopic (exact) mass is 776 g/mol. The van der Waals surface area contributed by atoms with Crippen molar-refractivity contribution in [2.45, 2.75) is 70.8 Å². The number of hydrogen-bond acceptors (Lipinski definition) is 6. The zero-order valence-corrected chi connectivity index (χ0v) is 34.8. The summed E-state index contributed by atoms with van der Waals surface area (Å²) in [5.74, 6) is -2.06. The van der Waals surface area contributed by atoms with E-state index >= 15 is 4.79 Å². The van der Waals surface area contributed by atoms with Crippen LogP contribution in [0.25, 0.3) is 0 Å². The lowest BCUT2D eigenvalue weighted by molar-refractivity contribution is -0.156. The van der Waals surface area contributed by atoms with E-state index in [1.807, 2.05) is 104 Å². The Balaban J connectivity index is 1.81. The highest BCUT2D eigenvalue weighted by atomic mass is 31.2. The van der Waals surface area contributed by atoms with Crippen molar-refractivity contribution < 1.29 is 28.3 Å². The average molecular weight is 777 g/mol. The summed E-state index contributed by atoms with van der Waals surface area (Å²) in [5, 5.41) is 5.06. The number of Topliss-reactive ketones (excluding diaryl/α,β-unsaturated/α-hetero) is 1. The molecule has 288 valence electrons. The van der Waals surface area contributed by atoms with Gasteiger partial charge in [0.05, 0.1) is 24.5 Å². The third-order valence-corrected chi connectivity index (χ3v) is 19.7. The number of rotatable bonds is 15. The van der Waals surface area contributed by atoms with E-state index in [9.17, 15) is 14.4 Å². The van der Waals surface area contributed by atoms with Crippen LogP contribution >= 0.6 is 6.89 Å². The standard InChI is InChI=1S/C45H53N2O6PSi/c1-9-28-52-44(51)43(54(35-22-13-10-14-23-35,36-24-15-11-16-25-36)37-26-17-12-18-27-37)47-38(41(42(47)50)32(2)53-55(7,8)45(3,4)5)31-39(48)34-21-19-20-33(29-34)30-40(49)46-6/h9-27,29,32,38,41H,1,28,30-31H2,2-8H3,(H,46,49)/t32-,38+,41+/m0/s1. The molecular weight excluding hydrogens is 724 g/mol. The van der Waals surface area contributed by atoms with Gasteiger partial charge in [0, 0.05) is 25.9 Å². The molecule has 0 bridgehead atoms. The van der Waals surface area contributed by atoms with Crippen LogP contribution in [0.1, 0.15) is 50.0 Å². The smallest absolute Gasteiger partial charge is 0.356 e. The first-order chi connectivity index (χ1) is 26.2. The minimum Gasteiger partial charge on any atom is -0.457 e. The molecule has 1 aliphatic heterocycles.